The molecule has 0 unspecified atom stereocenters. The molecule has 0 saturated carbocycles. The number of benzene rings is 2. The highest BCUT2D eigenvalue weighted by atomic mass is 35.5. The molecular weight excluding hydrogens is 321 g/mol. The molecule has 0 bridgehead atoms. The van der Waals surface area contributed by atoms with Crippen molar-refractivity contribution in [2.45, 2.75) is 26.9 Å². The number of hydrogen-bond acceptors (Lipinski definition) is 3. The van der Waals surface area contributed by atoms with Crippen LogP contribution in [-0.2, 0) is 13.1 Å². The van der Waals surface area contributed by atoms with Gasteiger partial charge in [0.1, 0.15) is 5.82 Å². The molecule has 2 aromatic rings. The van der Waals surface area contributed by atoms with Gasteiger partial charge in [-0.15, -0.1) is 0 Å². The van der Waals surface area contributed by atoms with E-state index in [4.69, 9.17) is 11.6 Å². The number of rotatable bonds is 2. The maximum atomic E-state index is 13.2. The highest BCUT2D eigenvalue weighted by molar-refractivity contribution is 6.30. The van der Waals surface area contributed by atoms with E-state index in [0.717, 1.165) is 5.56 Å². The van der Waals surface area contributed by atoms with Gasteiger partial charge < -0.3 is 15.1 Å². The quantitative estimate of drug-likeness (QED) is 0.823. The second-order valence-corrected chi connectivity index (χ2v) is 6.12. The van der Waals surface area contributed by atoms with Gasteiger partial charge in [-0.3, -0.25) is 4.79 Å². The van der Waals surface area contributed by atoms with Gasteiger partial charge in [0.15, 0.2) is 11.5 Å². The van der Waals surface area contributed by atoms with Gasteiger partial charge >= 0.3 is 0 Å². The zero-order valence-electron chi connectivity index (χ0n) is 12.7. The lowest BCUT2D eigenvalue weighted by molar-refractivity contribution is 0.0764. The molecule has 1 amide bonds. The first-order valence-electron chi connectivity index (χ1n) is 7.08. The van der Waals surface area contributed by atoms with Crippen molar-refractivity contribution in [3.8, 4) is 11.5 Å². The molecular formula is C17H15ClFNO3. The van der Waals surface area contributed by atoms with Crippen LogP contribution in [-0.4, -0.2) is 21.0 Å². The molecule has 1 heterocycles. The second-order valence-electron chi connectivity index (χ2n) is 5.71. The van der Waals surface area contributed by atoms with E-state index in [1.807, 2.05) is 0 Å². The molecule has 0 aromatic heterocycles. The normalized spacial score (nSPS) is 13.6. The topological polar surface area (TPSA) is 60.8 Å². The zero-order chi connectivity index (χ0) is 16.9. The number of amides is 1. The summed E-state index contributed by atoms with van der Waals surface area (Å²) in [5.41, 5.74) is 2.87. The molecule has 6 heteroatoms. The van der Waals surface area contributed by atoms with Crippen LogP contribution in [0, 0.1) is 19.7 Å². The SMILES string of the molecule is Cc1c(C)c2c(c(O)c1O)C(=O)N(Cc1ccc(F)c(Cl)c1)C2. The predicted molar refractivity (Wildman–Crippen MR) is 84.2 cm³/mol. The average molecular weight is 336 g/mol. The molecule has 23 heavy (non-hydrogen) atoms. The van der Waals surface area contributed by atoms with Crippen molar-refractivity contribution in [1.82, 2.24) is 4.90 Å². The van der Waals surface area contributed by atoms with E-state index in [2.05, 4.69) is 0 Å². The third kappa shape index (κ3) is 2.41. The number of hydrogen-bond donors (Lipinski definition) is 2. The average Bonchev–Trinajstić information content (AvgIpc) is 2.84. The van der Waals surface area contributed by atoms with Crippen molar-refractivity contribution in [3.05, 3.63) is 56.9 Å². The molecule has 120 valence electrons. The summed E-state index contributed by atoms with van der Waals surface area (Å²) in [6.07, 6.45) is 0. The summed E-state index contributed by atoms with van der Waals surface area (Å²) in [6, 6.07) is 4.29. The first kappa shape index (κ1) is 15.6. The molecule has 1 aliphatic rings. The van der Waals surface area contributed by atoms with E-state index in [-0.39, 0.29) is 34.5 Å². The third-order valence-electron chi connectivity index (χ3n) is 4.34. The number of fused-ring (bicyclic) bond motifs is 1. The number of carbonyl (C=O) groups is 1. The van der Waals surface area contributed by atoms with Crippen LogP contribution in [0.3, 0.4) is 0 Å². The Bertz CT molecular complexity index is 835. The van der Waals surface area contributed by atoms with Crippen LogP contribution in [0.4, 0.5) is 4.39 Å². The van der Waals surface area contributed by atoms with E-state index >= 15 is 0 Å². The van der Waals surface area contributed by atoms with Crippen LogP contribution >= 0.6 is 11.6 Å². The van der Waals surface area contributed by atoms with Gasteiger partial charge in [-0.25, -0.2) is 4.39 Å². The fraction of sp³-hybridized carbons (Fsp3) is 0.235. The van der Waals surface area contributed by atoms with Crippen LogP contribution in [0.15, 0.2) is 18.2 Å². The molecule has 0 atom stereocenters. The molecule has 0 radical (unpaired) electrons. The van der Waals surface area contributed by atoms with Crippen LogP contribution in [0.25, 0.3) is 0 Å². The molecule has 2 N–H and O–H groups in total. The van der Waals surface area contributed by atoms with Gasteiger partial charge in [-0.1, -0.05) is 17.7 Å². The molecule has 4 nitrogen and oxygen atoms in total. The lowest BCUT2D eigenvalue weighted by Gasteiger charge is -2.16. The van der Waals surface area contributed by atoms with E-state index < -0.39 is 5.82 Å². The van der Waals surface area contributed by atoms with E-state index in [1.54, 1.807) is 19.9 Å². The summed E-state index contributed by atoms with van der Waals surface area (Å²) in [5.74, 6) is -1.52. The molecule has 1 aliphatic heterocycles. The smallest absolute Gasteiger partial charge is 0.258 e. The standard InChI is InChI=1S/C17H15ClFNO3/c1-8-9(2)15(21)16(22)14-11(8)7-20(17(14)23)6-10-3-4-13(19)12(18)5-10/h3-5,21-22H,6-7H2,1-2H3. The van der Waals surface area contributed by atoms with Crippen LogP contribution in [0.5, 0.6) is 11.5 Å². The van der Waals surface area contributed by atoms with Gasteiger partial charge in [0, 0.05) is 13.1 Å². The number of halogens is 2. The fourth-order valence-corrected chi connectivity index (χ4v) is 3.07. The Balaban J connectivity index is 1.96. The first-order chi connectivity index (χ1) is 10.8. The second kappa shape index (κ2) is 5.42. The molecule has 0 aliphatic carbocycles. The minimum atomic E-state index is -0.513. The Kier molecular flexibility index (Phi) is 3.68. The lowest BCUT2D eigenvalue weighted by Crippen LogP contribution is -2.23. The lowest BCUT2D eigenvalue weighted by atomic mass is 9.97. The highest BCUT2D eigenvalue weighted by Crippen LogP contribution is 2.42. The maximum Gasteiger partial charge on any atom is 0.258 e. The minimum absolute atomic E-state index is 0.000762. The molecule has 0 spiro atoms. The summed E-state index contributed by atoms with van der Waals surface area (Å²) in [4.78, 5) is 14.1. The van der Waals surface area contributed by atoms with Crippen LogP contribution in [0.2, 0.25) is 5.02 Å². The maximum absolute atomic E-state index is 13.2. The van der Waals surface area contributed by atoms with E-state index in [0.29, 0.717) is 23.2 Å². The van der Waals surface area contributed by atoms with Crippen molar-refractivity contribution >= 4 is 17.5 Å². The van der Waals surface area contributed by atoms with Crippen LogP contribution < -0.4 is 0 Å². The monoisotopic (exact) mass is 335 g/mol. The largest absolute Gasteiger partial charge is 0.504 e. The van der Waals surface area contributed by atoms with Gasteiger partial charge in [-0.05, 0) is 48.2 Å². The molecule has 0 saturated heterocycles. The summed E-state index contributed by atoms with van der Waals surface area (Å²) >= 11 is 5.77. The molecule has 3 rings (SSSR count). The minimum Gasteiger partial charge on any atom is -0.504 e. The summed E-state index contributed by atoms with van der Waals surface area (Å²) in [7, 11) is 0. The van der Waals surface area contributed by atoms with E-state index in [1.165, 1.54) is 17.0 Å². The predicted octanol–water partition coefficient (Wildman–Crippen LogP) is 3.66. The Morgan fingerprint density at radius 1 is 1.22 bits per heavy atom. The molecule has 0 fully saturated rings. The zero-order valence-corrected chi connectivity index (χ0v) is 13.4. The van der Waals surface area contributed by atoms with Gasteiger partial charge in [0.05, 0.1) is 10.6 Å². The van der Waals surface area contributed by atoms with Crippen molar-refractivity contribution in [3.63, 3.8) is 0 Å². The fourth-order valence-electron chi connectivity index (χ4n) is 2.87. The Labute approximate surface area is 137 Å². The highest BCUT2D eigenvalue weighted by Gasteiger charge is 2.34. The number of aromatic hydroxyl groups is 2. The number of nitrogens with zero attached hydrogens (tertiary/aromatic N) is 1. The Morgan fingerprint density at radius 3 is 2.57 bits per heavy atom. The summed E-state index contributed by atoms with van der Waals surface area (Å²) < 4.78 is 13.2. The summed E-state index contributed by atoms with van der Waals surface area (Å²) in [5, 5.41) is 20.0. The van der Waals surface area contributed by atoms with Gasteiger partial charge in [0.2, 0.25) is 0 Å². The van der Waals surface area contributed by atoms with E-state index in [9.17, 15) is 19.4 Å². The summed E-state index contributed by atoms with van der Waals surface area (Å²) in [6.45, 7) is 4.06. The molecule has 2 aromatic carbocycles. The number of phenols is 2. The third-order valence-corrected chi connectivity index (χ3v) is 4.63. The number of carbonyl (C=O) groups excluding carboxylic acids is 1. The van der Waals surface area contributed by atoms with Crippen LogP contribution in [0.1, 0.15) is 32.6 Å². The van der Waals surface area contributed by atoms with Crippen molar-refractivity contribution in [1.29, 1.82) is 0 Å². The first-order valence-corrected chi connectivity index (χ1v) is 7.46. The van der Waals surface area contributed by atoms with Crippen molar-refractivity contribution in [2.75, 3.05) is 0 Å². The van der Waals surface area contributed by atoms with Crippen molar-refractivity contribution in [2.24, 2.45) is 0 Å². The number of phenolic OH excluding ortho intramolecular Hbond substituents is 2. The van der Waals surface area contributed by atoms with Gasteiger partial charge in [0.25, 0.3) is 5.91 Å². The van der Waals surface area contributed by atoms with Crippen molar-refractivity contribution < 1.29 is 19.4 Å². The Hall–Kier alpha value is -2.27. The Morgan fingerprint density at radius 2 is 1.91 bits per heavy atom. The van der Waals surface area contributed by atoms with Gasteiger partial charge in [-0.2, -0.15) is 0 Å².